The summed E-state index contributed by atoms with van der Waals surface area (Å²) in [5.74, 6) is -17.4. The van der Waals surface area contributed by atoms with Gasteiger partial charge in [-0.2, -0.15) is 0 Å². The molecule has 0 bridgehead atoms. The molecule has 2 aromatic carbocycles. The van der Waals surface area contributed by atoms with E-state index in [-0.39, 0.29) is 43.8 Å². The van der Waals surface area contributed by atoms with Gasteiger partial charge in [-0.3, -0.25) is 67.1 Å². The summed E-state index contributed by atoms with van der Waals surface area (Å²) in [4.78, 5) is 182. The van der Waals surface area contributed by atoms with Crippen LogP contribution in [-0.4, -0.2) is 175 Å². The lowest BCUT2D eigenvalue weighted by Gasteiger charge is -2.31. The molecule has 31 nitrogen and oxygen atoms in total. The molecule has 11 amide bonds. The van der Waals surface area contributed by atoms with Crippen molar-refractivity contribution < 1.29 is 92.7 Å². The summed E-state index contributed by atoms with van der Waals surface area (Å²) < 4.78 is 0. The minimum Gasteiger partial charge on any atom is -0.508 e. The largest absolute Gasteiger partial charge is 0.508 e. The van der Waals surface area contributed by atoms with E-state index in [0.717, 1.165) is 0 Å². The lowest BCUT2D eigenvalue weighted by molar-refractivity contribution is -0.141. The fourth-order valence-corrected chi connectivity index (χ4v) is 9.00. The highest BCUT2D eigenvalue weighted by Gasteiger charge is 2.37. The van der Waals surface area contributed by atoms with Crippen molar-refractivity contribution in [2.45, 2.75) is 186 Å². The quantitative estimate of drug-likeness (QED) is 0.0320. The van der Waals surface area contributed by atoms with E-state index in [4.69, 9.17) is 22.3 Å². The second kappa shape index (κ2) is 37.6. The second-order valence-electron chi connectivity index (χ2n) is 23.1. The minimum absolute atomic E-state index is 0.113. The maximum Gasteiger partial charge on any atom is 0.305 e. The highest BCUT2D eigenvalue weighted by atomic mass is 16.4. The molecule has 12 atom stereocenters. The molecule has 0 heterocycles. The molecule has 0 saturated heterocycles. The number of carboxylic acid groups (broad SMARTS) is 3. The molecular weight excluding hydrogens is 1180 g/mol. The van der Waals surface area contributed by atoms with Crippen molar-refractivity contribution in [3.05, 3.63) is 65.7 Å². The predicted octanol–water partition coefficient (Wildman–Crippen LogP) is -2.80. The Morgan fingerprint density at radius 2 is 0.889 bits per heavy atom. The first-order chi connectivity index (χ1) is 42.0. The van der Waals surface area contributed by atoms with Crippen LogP contribution in [0.3, 0.4) is 0 Å². The number of hydrogen-bond donors (Lipinski definition) is 17. The molecule has 31 heteroatoms. The molecule has 0 radical (unpaired) electrons. The number of carbonyl (C=O) groups excluding carboxylic acids is 11. The van der Waals surface area contributed by atoms with E-state index in [9.17, 15) is 87.5 Å². The number of aliphatic hydroxyl groups is 1. The number of nitrogens with one attached hydrogen (secondary N) is 9. The van der Waals surface area contributed by atoms with Crippen molar-refractivity contribution in [3.63, 3.8) is 0 Å². The molecule has 0 aromatic heterocycles. The van der Waals surface area contributed by atoms with Crippen LogP contribution in [0.25, 0.3) is 0 Å². The lowest BCUT2D eigenvalue weighted by atomic mass is 9.91. The second-order valence-corrected chi connectivity index (χ2v) is 23.1. The Hall–Kier alpha value is -9.26. The number of rotatable bonds is 40. The summed E-state index contributed by atoms with van der Waals surface area (Å²) in [6, 6.07) is -0.772. The summed E-state index contributed by atoms with van der Waals surface area (Å²) in [6.07, 6.45) is -5.68. The molecule has 0 spiro atoms. The van der Waals surface area contributed by atoms with Gasteiger partial charge in [-0.25, -0.2) is 0 Å². The topological polar surface area (TPSA) is 526 Å². The van der Waals surface area contributed by atoms with Crippen LogP contribution in [0.2, 0.25) is 0 Å². The summed E-state index contributed by atoms with van der Waals surface area (Å²) >= 11 is 0. The van der Waals surface area contributed by atoms with Gasteiger partial charge in [0.05, 0.1) is 31.0 Å². The number of aliphatic carboxylic acids is 3. The van der Waals surface area contributed by atoms with Gasteiger partial charge in [0.15, 0.2) is 0 Å². The molecule has 498 valence electrons. The van der Waals surface area contributed by atoms with Gasteiger partial charge < -0.3 is 90.6 Å². The van der Waals surface area contributed by atoms with Crippen LogP contribution in [0.4, 0.5) is 0 Å². The third kappa shape index (κ3) is 27.8. The molecule has 90 heavy (non-hydrogen) atoms. The van der Waals surface area contributed by atoms with Gasteiger partial charge in [-0.1, -0.05) is 90.9 Å². The highest BCUT2D eigenvalue weighted by Crippen LogP contribution is 2.19. The number of nitrogens with two attached hydrogens (primary N) is 3. The Morgan fingerprint density at radius 1 is 0.444 bits per heavy atom. The van der Waals surface area contributed by atoms with Crippen LogP contribution in [-0.2, 0) is 80.0 Å². The van der Waals surface area contributed by atoms with Gasteiger partial charge in [0, 0.05) is 31.6 Å². The first-order valence-corrected chi connectivity index (χ1v) is 29.2. The van der Waals surface area contributed by atoms with E-state index in [1.54, 1.807) is 71.9 Å². The van der Waals surface area contributed by atoms with Crippen LogP contribution in [0.15, 0.2) is 54.6 Å². The fourth-order valence-electron chi connectivity index (χ4n) is 9.00. The molecule has 2 rings (SSSR count). The van der Waals surface area contributed by atoms with Gasteiger partial charge in [-0.15, -0.1) is 0 Å². The molecular formula is C59H88N12O19. The average molecular weight is 1270 g/mol. The molecule has 0 aliphatic heterocycles. The highest BCUT2D eigenvalue weighted by molar-refractivity contribution is 5.98. The molecule has 0 fully saturated rings. The molecule has 20 N–H and O–H groups in total. The number of aromatic hydroxyl groups is 1. The first-order valence-electron chi connectivity index (χ1n) is 29.2. The fraction of sp³-hybridized carbons (Fsp3) is 0.559. The van der Waals surface area contributed by atoms with Crippen LogP contribution < -0.4 is 65.1 Å². The molecule has 0 saturated carbocycles. The summed E-state index contributed by atoms with van der Waals surface area (Å²) in [7, 11) is 0. The van der Waals surface area contributed by atoms with Crippen molar-refractivity contribution >= 4 is 82.9 Å². The van der Waals surface area contributed by atoms with Crippen LogP contribution >= 0.6 is 0 Å². The lowest BCUT2D eigenvalue weighted by Crippen LogP contribution is -2.60. The maximum atomic E-state index is 14.6. The van der Waals surface area contributed by atoms with Crippen molar-refractivity contribution in [2.75, 3.05) is 0 Å². The summed E-state index contributed by atoms with van der Waals surface area (Å²) in [6.45, 7) is 12.6. The normalized spacial score (nSPS) is 15.2. The number of amides is 11. The van der Waals surface area contributed by atoms with Crippen LogP contribution in [0, 0.1) is 23.7 Å². The number of hydrogen-bond acceptors (Lipinski definition) is 17. The van der Waals surface area contributed by atoms with Crippen molar-refractivity contribution in [1.82, 2.24) is 47.9 Å². The number of primary amides is 2. The third-order valence-electron chi connectivity index (χ3n) is 14.1. The van der Waals surface area contributed by atoms with Gasteiger partial charge >= 0.3 is 17.9 Å². The van der Waals surface area contributed by atoms with Gasteiger partial charge in [-0.05, 0) is 73.6 Å². The van der Waals surface area contributed by atoms with Gasteiger partial charge in [0.25, 0.3) is 0 Å². The van der Waals surface area contributed by atoms with Crippen molar-refractivity contribution in [3.8, 4) is 5.75 Å². The summed E-state index contributed by atoms with van der Waals surface area (Å²) in [5, 5.41) is 71.5. The first kappa shape index (κ1) is 76.8. The minimum atomic E-state index is -1.74. The van der Waals surface area contributed by atoms with E-state index in [2.05, 4.69) is 47.9 Å². The summed E-state index contributed by atoms with van der Waals surface area (Å²) in [5.41, 5.74) is 17.5. The molecule has 0 unspecified atom stereocenters. The zero-order valence-electron chi connectivity index (χ0n) is 51.6. The van der Waals surface area contributed by atoms with Gasteiger partial charge in [0.2, 0.25) is 65.0 Å². The zero-order valence-corrected chi connectivity index (χ0v) is 51.6. The smallest absolute Gasteiger partial charge is 0.305 e. The number of carboxylic acids is 3. The van der Waals surface area contributed by atoms with Crippen molar-refractivity contribution in [2.24, 2.45) is 40.9 Å². The number of aliphatic hydroxyl groups excluding tert-OH is 1. The number of carbonyl (C=O) groups is 14. The SMILES string of the molecule is CC(C)C[C@H](NC(=O)[C@H](CC(N)=O)NC(=O)[C@@H](NC(=O)[C@@H](N)CCC(=O)O)C(C)C)[C@@H](O)C[C@@H](C)C(=O)N[C@H](C(=O)N[C@@H](Cc1ccccc1)C(=O)N[C@@H](Cc1ccc(O)cc1)C(=O)N[C@@H](C)C(=O)N[C@@H](CCC(=O)O)C(=O)N[C@@H](CC(=O)O)C(N)=O)C(C)C. The van der Waals surface area contributed by atoms with E-state index < -0.39 is 199 Å². The van der Waals surface area contributed by atoms with E-state index in [1.807, 2.05) is 0 Å². The van der Waals surface area contributed by atoms with Crippen LogP contribution in [0.1, 0.15) is 118 Å². The molecule has 0 aliphatic carbocycles. The third-order valence-corrected chi connectivity index (χ3v) is 14.1. The van der Waals surface area contributed by atoms with E-state index in [0.29, 0.717) is 11.1 Å². The predicted molar refractivity (Wildman–Crippen MR) is 321 cm³/mol. The number of phenolic OH excluding ortho intramolecular Hbond substituents is 1. The van der Waals surface area contributed by atoms with Crippen LogP contribution in [0.5, 0.6) is 5.75 Å². The standard InChI is InChI=1S/C59H88N12O19/c1-28(2)22-38(65-57(88)42(26-44(61)74)69-59(90)49(30(5)6)71-53(84)36(60)18-20-45(75)76)43(73)23-31(7)51(82)70-48(29(3)4)58(89)68-41(24-33-12-10-9-11-13-33)56(87)67-40(25-34-14-16-35(72)17-15-34)55(86)63-32(8)52(83)64-37(19-21-46(77)78)54(85)66-39(50(62)81)27-47(79)80/h9-17,28-32,36-43,48-49,72-73H,18-27,60H2,1-8H3,(H2,61,74)(H2,62,81)(H,63,86)(H,64,83)(H,65,88)(H,66,85)(H,67,87)(H,68,89)(H,69,90)(H,70,82)(H,71,84)(H,75,76)(H,77,78)(H,79,80)/t31-,32+,36+,37+,38+,39+,40+,41+,42+,43+,48+,49+/m1/s1. The van der Waals surface area contributed by atoms with E-state index >= 15 is 0 Å². The number of phenols is 1. The Balaban J connectivity index is 2.42. The number of benzene rings is 2. The Labute approximate surface area is 520 Å². The monoisotopic (exact) mass is 1270 g/mol. The Kier molecular flexibility index (Phi) is 32.1. The molecule has 2 aromatic rings. The average Bonchev–Trinajstić information content (AvgIpc) is 3.65. The molecule has 0 aliphatic rings. The Morgan fingerprint density at radius 3 is 1.38 bits per heavy atom. The maximum absolute atomic E-state index is 14.6. The van der Waals surface area contributed by atoms with Gasteiger partial charge in [0.1, 0.15) is 54.1 Å². The van der Waals surface area contributed by atoms with E-state index in [1.165, 1.54) is 38.1 Å². The Bertz CT molecular complexity index is 2840. The zero-order chi connectivity index (χ0) is 68.3. The van der Waals surface area contributed by atoms with Crippen molar-refractivity contribution in [1.29, 1.82) is 0 Å².